The lowest BCUT2D eigenvalue weighted by Gasteiger charge is -2.31. The second-order valence-electron chi connectivity index (χ2n) is 9.93. The van der Waals surface area contributed by atoms with E-state index in [2.05, 4.69) is 34.6 Å². The number of benzene rings is 2. The Balaban J connectivity index is 1.51. The molecule has 2 heterocycles. The summed E-state index contributed by atoms with van der Waals surface area (Å²) in [5.74, 6) is -0.672. The van der Waals surface area contributed by atoms with Crippen molar-refractivity contribution in [2.24, 2.45) is 0 Å². The van der Waals surface area contributed by atoms with Gasteiger partial charge >= 0.3 is 5.97 Å². The second kappa shape index (κ2) is 14.1. The van der Waals surface area contributed by atoms with Crippen molar-refractivity contribution in [2.45, 2.75) is 44.3 Å². The fourth-order valence-corrected chi connectivity index (χ4v) is 5.67. The molecule has 0 bridgehead atoms. The molecule has 2 amide bonds. The quantitative estimate of drug-likeness (QED) is 0.337. The van der Waals surface area contributed by atoms with Crippen LogP contribution in [0.5, 0.6) is 0 Å². The van der Waals surface area contributed by atoms with E-state index >= 15 is 0 Å². The predicted molar refractivity (Wildman–Crippen MR) is 154 cm³/mol. The minimum atomic E-state index is -1.03. The number of likely N-dealkylation sites (tertiary alicyclic amines) is 1. The molecule has 0 aliphatic carbocycles. The number of thioether (sulfide) groups is 1. The van der Waals surface area contributed by atoms with Crippen molar-refractivity contribution in [1.82, 2.24) is 20.1 Å². The van der Waals surface area contributed by atoms with Gasteiger partial charge in [0.05, 0.1) is 13.0 Å². The molecule has 1 saturated heterocycles. The van der Waals surface area contributed by atoms with Crippen molar-refractivity contribution in [2.75, 3.05) is 31.6 Å². The van der Waals surface area contributed by atoms with Crippen LogP contribution in [-0.4, -0.2) is 81.4 Å². The van der Waals surface area contributed by atoms with Crippen molar-refractivity contribution < 1.29 is 19.5 Å². The van der Waals surface area contributed by atoms with Crippen molar-refractivity contribution >= 4 is 40.3 Å². The summed E-state index contributed by atoms with van der Waals surface area (Å²) in [5, 5.41) is 14.5. The van der Waals surface area contributed by atoms with E-state index in [0.717, 1.165) is 34.9 Å². The third-order valence-corrected chi connectivity index (χ3v) is 7.75. The number of amides is 2. The number of fused-ring (bicyclic) bond motifs is 1. The molecule has 0 spiro atoms. The molecule has 3 aromatic rings. The van der Waals surface area contributed by atoms with Crippen LogP contribution in [0.3, 0.4) is 0 Å². The van der Waals surface area contributed by atoms with E-state index in [1.54, 1.807) is 18.0 Å². The predicted octanol–water partition coefficient (Wildman–Crippen LogP) is 3.59. The Bertz CT molecular complexity index is 1270. The molecule has 2 aromatic carbocycles. The molecular weight excluding hydrogens is 512 g/mol. The van der Waals surface area contributed by atoms with Gasteiger partial charge in [0.1, 0.15) is 6.04 Å². The SMILES string of the molecule is CSCC[C@H](NC(=O)CN(Cc1cccc2ccccc12)C[C@@H]1CCCN1C(=O)Cc1ccccn1)C(=O)O. The highest BCUT2D eigenvalue weighted by Crippen LogP contribution is 2.23. The summed E-state index contributed by atoms with van der Waals surface area (Å²) in [6, 6.07) is 18.9. The average Bonchev–Trinajstić information content (AvgIpc) is 3.40. The maximum atomic E-state index is 13.2. The Morgan fingerprint density at radius 3 is 2.69 bits per heavy atom. The summed E-state index contributed by atoms with van der Waals surface area (Å²) in [6.07, 6.45) is 5.98. The van der Waals surface area contributed by atoms with E-state index < -0.39 is 12.0 Å². The normalized spacial score (nSPS) is 15.9. The molecule has 1 aliphatic heterocycles. The number of hydrogen-bond acceptors (Lipinski definition) is 6. The number of carbonyl (C=O) groups is 3. The minimum absolute atomic E-state index is 0.0317. The fraction of sp³-hybridized carbons (Fsp3) is 0.400. The Hall–Kier alpha value is -3.43. The lowest BCUT2D eigenvalue weighted by Crippen LogP contribution is -2.49. The molecule has 1 aliphatic rings. The van der Waals surface area contributed by atoms with Crippen molar-refractivity contribution in [3.63, 3.8) is 0 Å². The van der Waals surface area contributed by atoms with Gasteiger partial charge in [-0.3, -0.25) is 19.5 Å². The monoisotopic (exact) mass is 548 g/mol. The highest BCUT2D eigenvalue weighted by atomic mass is 32.2. The molecule has 8 nitrogen and oxygen atoms in total. The van der Waals surface area contributed by atoms with Gasteiger partial charge in [-0.2, -0.15) is 11.8 Å². The van der Waals surface area contributed by atoms with E-state index in [0.29, 0.717) is 31.8 Å². The van der Waals surface area contributed by atoms with Crippen LogP contribution in [0.2, 0.25) is 0 Å². The van der Waals surface area contributed by atoms with Gasteiger partial charge < -0.3 is 15.3 Å². The molecule has 9 heteroatoms. The zero-order valence-electron chi connectivity index (χ0n) is 22.3. The van der Waals surface area contributed by atoms with Gasteiger partial charge in [0.25, 0.3) is 0 Å². The Morgan fingerprint density at radius 2 is 1.92 bits per heavy atom. The summed E-state index contributed by atoms with van der Waals surface area (Å²) in [7, 11) is 0. The Kier molecular flexibility index (Phi) is 10.3. The van der Waals surface area contributed by atoms with E-state index in [1.165, 1.54) is 0 Å². The van der Waals surface area contributed by atoms with Crippen LogP contribution < -0.4 is 5.32 Å². The average molecular weight is 549 g/mol. The second-order valence-corrected chi connectivity index (χ2v) is 10.9. The number of rotatable bonds is 13. The molecular formula is C30H36N4O4S. The van der Waals surface area contributed by atoms with E-state index in [1.807, 2.05) is 52.5 Å². The van der Waals surface area contributed by atoms with Gasteiger partial charge in [-0.25, -0.2) is 4.79 Å². The lowest BCUT2D eigenvalue weighted by atomic mass is 10.0. The first kappa shape index (κ1) is 28.6. The molecule has 206 valence electrons. The third kappa shape index (κ3) is 8.03. The lowest BCUT2D eigenvalue weighted by molar-refractivity contribution is -0.142. The van der Waals surface area contributed by atoms with Crippen molar-refractivity contribution in [3.05, 3.63) is 78.1 Å². The number of aromatic nitrogens is 1. The number of carboxylic acid groups (broad SMARTS) is 1. The van der Waals surface area contributed by atoms with E-state index in [4.69, 9.17) is 0 Å². The topological polar surface area (TPSA) is 103 Å². The highest BCUT2D eigenvalue weighted by molar-refractivity contribution is 7.98. The maximum absolute atomic E-state index is 13.2. The molecule has 2 atom stereocenters. The minimum Gasteiger partial charge on any atom is -0.480 e. The molecule has 39 heavy (non-hydrogen) atoms. The molecule has 0 saturated carbocycles. The van der Waals surface area contributed by atoms with E-state index in [9.17, 15) is 19.5 Å². The molecule has 4 rings (SSSR count). The summed E-state index contributed by atoms with van der Waals surface area (Å²) in [4.78, 5) is 46.3. The number of carbonyl (C=O) groups excluding carboxylic acids is 2. The van der Waals surface area contributed by atoms with Crippen molar-refractivity contribution in [1.29, 1.82) is 0 Å². The standard InChI is InChI=1S/C30H36N4O4S/c1-39-17-14-27(30(37)38)32-28(35)21-33(19-23-10-6-9-22-8-2-3-13-26(22)23)20-25-12-7-16-34(25)29(36)18-24-11-4-5-15-31-24/h2-6,8-11,13,15,25,27H,7,12,14,16-21H2,1H3,(H,32,35)(H,37,38)/t25-,27-/m0/s1. The van der Waals surface area contributed by atoms with Crippen LogP contribution in [0.1, 0.15) is 30.5 Å². The number of hydrogen-bond donors (Lipinski definition) is 2. The number of nitrogens with zero attached hydrogens (tertiary/aromatic N) is 3. The maximum Gasteiger partial charge on any atom is 0.326 e. The number of nitrogens with one attached hydrogen (secondary N) is 1. The number of pyridine rings is 1. The first-order chi connectivity index (χ1) is 18.9. The van der Waals surface area contributed by atoms with Crippen LogP contribution >= 0.6 is 11.8 Å². The highest BCUT2D eigenvalue weighted by Gasteiger charge is 2.31. The first-order valence-electron chi connectivity index (χ1n) is 13.3. The first-order valence-corrected chi connectivity index (χ1v) is 14.7. The number of carboxylic acids is 1. The van der Waals surface area contributed by atoms with Gasteiger partial charge in [0, 0.05) is 37.6 Å². The van der Waals surface area contributed by atoms with Gasteiger partial charge in [0.15, 0.2) is 0 Å². The smallest absolute Gasteiger partial charge is 0.326 e. The summed E-state index contributed by atoms with van der Waals surface area (Å²) >= 11 is 1.55. The van der Waals surface area contributed by atoms with Crippen LogP contribution in [0, 0.1) is 0 Å². The van der Waals surface area contributed by atoms with E-state index in [-0.39, 0.29) is 30.8 Å². The third-order valence-electron chi connectivity index (χ3n) is 7.11. The summed E-state index contributed by atoms with van der Waals surface area (Å²) in [6.45, 7) is 1.76. The van der Waals surface area contributed by atoms with Crippen molar-refractivity contribution in [3.8, 4) is 0 Å². The zero-order valence-corrected chi connectivity index (χ0v) is 23.1. The Labute approximate surface area is 233 Å². The molecule has 0 unspecified atom stereocenters. The molecule has 1 fully saturated rings. The Morgan fingerprint density at radius 1 is 1.13 bits per heavy atom. The summed E-state index contributed by atoms with van der Waals surface area (Å²) in [5.41, 5.74) is 1.83. The molecule has 1 aromatic heterocycles. The largest absolute Gasteiger partial charge is 0.480 e. The van der Waals surface area contributed by atoms with Gasteiger partial charge in [-0.15, -0.1) is 0 Å². The molecule has 2 N–H and O–H groups in total. The van der Waals surface area contributed by atoms with Gasteiger partial charge in [-0.1, -0.05) is 48.5 Å². The fourth-order valence-electron chi connectivity index (χ4n) is 5.20. The van der Waals surface area contributed by atoms with Gasteiger partial charge in [0.2, 0.25) is 11.8 Å². The van der Waals surface area contributed by atoms with Crippen LogP contribution in [0.4, 0.5) is 0 Å². The van der Waals surface area contributed by atoms with Crippen LogP contribution in [0.15, 0.2) is 66.9 Å². The zero-order chi connectivity index (χ0) is 27.6. The van der Waals surface area contributed by atoms with Crippen LogP contribution in [0.25, 0.3) is 10.8 Å². The van der Waals surface area contributed by atoms with Gasteiger partial charge in [-0.05, 0) is 59.7 Å². The number of aliphatic carboxylic acids is 1. The van der Waals surface area contributed by atoms with Crippen LogP contribution in [-0.2, 0) is 27.3 Å². The summed E-state index contributed by atoms with van der Waals surface area (Å²) < 4.78 is 0. The molecule has 0 radical (unpaired) electrons.